The van der Waals surface area contributed by atoms with Crippen LogP contribution in [-0.4, -0.2) is 33.2 Å². The molecular formula is C11H24N2O3S. The molecular weight excluding hydrogens is 240 g/mol. The van der Waals surface area contributed by atoms with Crippen molar-refractivity contribution in [1.82, 2.24) is 10.0 Å². The molecule has 0 bridgehead atoms. The molecule has 0 atom stereocenters. The Morgan fingerprint density at radius 3 is 2.24 bits per heavy atom. The number of rotatable bonds is 7. The molecule has 0 saturated heterocycles. The fourth-order valence-corrected chi connectivity index (χ4v) is 2.28. The third-order valence-corrected chi connectivity index (χ3v) is 3.65. The van der Waals surface area contributed by atoms with E-state index in [9.17, 15) is 13.2 Å². The molecule has 0 heterocycles. The summed E-state index contributed by atoms with van der Waals surface area (Å²) in [6.07, 6.45) is 1.51. The van der Waals surface area contributed by atoms with Gasteiger partial charge in [-0.15, -0.1) is 0 Å². The van der Waals surface area contributed by atoms with Crippen molar-refractivity contribution in [3.63, 3.8) is 0 Å². The van der Waals surface area contributed by atoms with E-state index in [1.165, 1.54) is 0 Å². The number of sulfonamides is 1. The van der Waals surface area contributed by atoms with Gasteiger partial charge in [-0.3, -0.25) is 4.79 Å². The maximum atomic E-state index is 11.5. The van der Waals surface area contributed by atoms with E-state index in [1.807, 2.05) is 27.7 Å². The largest absolute Gasteiger partial charge is 0.354 e. The normalized spacial score (nSPS) is 12.5. The van der Waals surface area contributed by atoms with Gasteiger partial charge in [-0.25, -0.2) is 13.1 Å². The maximum absolute atomic E-state index is 11.5. The van der Waals surface area contributed by atoms with Crippen molar-refractivity contribution in [1.29, 1.82) is 0 Å². The summed E-state index contributed by atoms with van der Waals surface area (Å²) in [5.41, 5.74) is -0.443. The summed E-state index contributed by atoms with van der Waals surface area (Å²) in [6.45, 7) is 7.95. The van der Waals surface area contributed by atoms with Gasteiger partial charge in [0.1, 0.15) is 0 Å². The van der Waals surface area contributed by atoms with Gasteiger partial charge < -0.3 is 5.32 Å². The molecule has 0 aromatic heterocycles. The van der Waals surface area contributed by atoms with Crippen LogP contribution in [0.5, 0.6) is 0 Å². The lowest BCUT2D eigenvalue weighted by Crippen LogP contribution is -2.40. The Morgan fingerprint density at radius 2 is 1.76 bits per heavy atom. The fraction of sp³-hybridized carbons (Fsp3) is 0.909. The van der Waals surface area contributed by atoms with Crippen molar-refractivity contribution in [3.05, 3.63) is 0 Å². The number of nitrogens with one attached hydrogen (secondary N) is 2. The Hall–Kier alpha value is -0.620. The van der Waals surface area contributed by atoms with Crippen LogP contribution >= 0.6 is 0 Å². The second-order valence-electron chi connectivity index (χ2n) is 5.07. The van der Waals surface area contributed by atoms with Crippen LogP contribution in [0.1, 0.15) is 40.5 Å². The van der Waals surface area contributed by atoms with Gasteiger partial charge in [0.2, 0.25) is 15.9 Å². The molecule has 0 saturated carbocycles. The van der Waals surface area contributed by atoms with Crippen molar-refractivity contribution < 1.29 is 13.2 Å². The minimum Gasteiger partial charge on any atom is -0.354 e. The molecule has 2 N–H and O–H groups in total. The SMILES string of the molecule is CCCCS(=O)(=O)NCCNC(=O)C(C)(C)C. The average Bonchev–Trinajstić information content (AvgIpc) is 2.20. The molecule has 0 aromatic carbocycles. The molecule has 0 rings (SSSR count). The van der Waals surface area contributed by atoms with Crippen molar-refractivity contribution in [2.45, 2.75) is 40.5 Å². The highest BCUT2D eigenvalue weighted by Gasteiger charge is 2.20. The number of carbonyl (C=O) groups is 1. The van der Waals surface area contributed by atoms with Crippen LogP contribution < -0.4 is 10.0 Å². The summed E-state index contributed by atoms with van der Waals surface area (Å²) in [7, 11) is -3.18. The zero-order valence-corrected chi connectivity index (χ0v) is 12.0. The Balaban J connectivity index is 3.82. The van der Waals surface area contributed by atoms with E-state index in [4.69, 9.17) is 0 Å². The van der Waals surface area contributed by atoms with E-state index in [1.54, 1.807) is 0 Å². The molecule has 0 aliphatic rings. The summed E-state index contributed by atoms with van der Waals surface area (Å²) >= 11 is 0. The van der Waals surface area contributed by atoms with E-state index >= 15 is 0 Å². The van der Waals surface area contributed by atoms with Crippen LogP contribution in [0.25, 0.3) is 0 Å². The summed E-state index contributed by atoms with van der Waals surface area (Å²) in [6, 6.07) is 0. The maximum Gasteiger partial charge on any atom is 0.225 e. The Labute approximate surface area is 104 Å². The molecule has 0 aliphatic carbocycles. The van der Waals surface area contributed by atoms with Crippen LogP contribution in [0.2, 0.25) is 0 Å². The third-order valence-electron chi connectivity index (χ3n) is 2.18. The third kappa shape index (κ3) is 8.15. The number of unbranched alkanes of at least 4 members (excludes halogenated alkanes) is 1. The molecule has 17 heavy (non-hydrogen) atoms. The quantitative estimate of drug-likeness (QED) is 0.670. The lowest BCUT2D eigenvalue weighted by molar-refractivity contribution is -0.128. The second kappa shape index (κ2) is 6.96. The van der Waals surface area contributed by atoms with Gasteiger partial charge in [-0.1, -0.05) is 34.1 Å². The van der Waals surface area contributed by atoms with Gasteiger partial charge in [-0.05, 0) is 6.42 Å². The molecule has 0 radical (unpaired) electrons. The predicted molar refractivity (Wildman–Crippen MR) is 69.2 cm³/mol. The minimum atomic E-state index is -3.18. The first-order valence-electron chi connectivity index (χ1n) is 5.94. The summed E-state index contributed by atoms with van der Waals surface area (Å²) in [5.74, 6) is 0.0711. The number of hydrogen-bond acceptors (Lipinski definition) is 3. The first kappa shape index (κ1) is 16.4. The zero-order valence-electron chi connectivity index (χ0n) is 11.2. The second-order valence-corrected chi connectivity index (χ2v) is 7.00. The van der Waals surface area contributed by atoms with E-state index in [0.717, 1.165) is 6.42 Å². The topological polar surface area (TPSA) is 75.3 Å². The highest BCUT2D eigenvalue weighted by molar-refractivity contribution is 7.89. The summed E-state index contributed by atoms with van der Waals surface area (Å²) < 4.78 is 25.3. The van der Waals surface area contributed by atoms with Gasteiger partial charge in [0.05, 0.1) is 5.75 Å². The molecule has 6 heteroatoms. The standard InChI is InChI=1S/C11H24N2O3S/c1-5-6-9-17(15,16)13-8-7-12-10(14)11(2,3)4/h13H,5-9H2,1-4H3,(H,12,14). The van der Waals surface area contributed by atoms with E-state index in [0.29, 0.717) is 13.0 Å². The van der Waals surface area contributed by atoms with E-state index < -0.39 is 15.4 Å². The van der Waals surface area contributed by atoms with Crippen molar-refractivity contribution >= 4 is 15.9 Å². The molecule has 0 spiro atoms. The Bertz CT molecular complexity index is 331. The Kier molecular flexibility index (Phi) is 6.70. The Morgan fingerprint density at radius 1 is 1.18 bits per heavy atom. The molecule has 0 fully saturated rings. The lowest BCUT2D eigenvalue weighted by atomic mass is 9.96. The first-order chi connectivity index (χ1) is 7.69. The average molecular weight is 264 g/mol. The number of amides is 1. The van der Waals surface area contributed by atoms with Gasteiger partial charge in [0, 0.05) is 18.5 Å². The molecule has 102 valence electrons. The minimum absolute atomic E-state index is 0.0785. The molecule has 0 aromatic rings. The van der Waals surface area contributed by atoms with Gasteiger partial charge in [-0.2, -0.15) is 0 Å². The van der Waals surface area contributed by atoms with Crippen molar-refractivity contribution in [2.75, 3.05) is 18.8 Å². The lowest BCUT2D eigenvalue weighted by Gasteiger charge is -2.17. The van der Waals surface area contributed by atoms with Crippen LogP contribution in [-0.2, 0) is 14.8 Å². The molecule has 0 aliphatic heterocycles. The monoisotopic (exact) mass is 264 g/mol. The predicted octanol–water partition coefficient (Wildman–Crippen LogP) is 0.868. The summed E-state index contributed by atoms with van der Waals surface area (Å²) in [4.78, 5) is 11.5. The highest BCUT2D eigenvalue weighted by atomic mass is 32.2. The number of hydrogen-bond donors (Lipinski definition) is 2. The van der Waals surface area contributed by atoms with Crippen molar-refractivity contribution in [2.24, 2.45) is 5.41 Å². The first-order valence-corrected chi connectivity index (χ1v) is 7.60. The van der Waals surface area contributed by atoms with Crippen LogP contribution in [0.3, 0.4) is 0 Å². The van der Waals surface area contributed by atoms with Crippen LogP contribution in [0, 0.1) is 5.41 Å². The van der Waals surface area contributed by atoms with Gasteiger partial charge >= 0.3 is 0 Å². The molecule has 1 amide bonds. The highest BCUT2D eigenvalue weighted by Crippen LogP contribution is 2.11. The summed E-state index contributed by atoms with van der Waals surface area (Å²) in [5, 5.41) is 2.69. The fourth-order valence-electron chi connectivity index (χ4n) is 1.05. The van der Waals surface area contributed by atoms with Gasteiger partial charge in [0.25, 0.3) is 0 Å². The van der Waals surface area contributed by atoms with Crippen molar-refractivity contribution in [3.8, 4) is 0 Å². The molecule has 0 unspecified atom stereocenters. The smallest absolute Gasteiger partial charge is 0.225 e. The van der Waals surface area contributed by atoms with Crippen LogP contribution in [0.15, 0.2) is 0 Å². The zero-order chi connectivity index (χ0) is 13.5. The van der Waals surface area contributed by atoms with Crippen LogP contribution in [0.4, 0.5) is 0 Å². The number of carbonyl (C=O) groups excluding carboxylic acids is 1. The van der Waals surface area contributed by atoms with Gasteiger partial charge in [0.15, 0.2) is 0 Å². The van der Waals surface area contributed by atoms with E-state index in [-0.39, 0.29) is 18.2 Å². The molecule has 5 nitrogen and oxygen atoms in total. The van der Waals surface area contributed by atoms with E-state index in [2.05, 4.69) is 10.0 Å².